The van der Waals surface area contributed by atoms with Crippen LogP contribution in [-0.2, 0) is 11.3 Å². The molecule has 0 radical (unpaired) electrons. The topological polar surface area (TPSA) is 49.9 Å². The van der Waals surface area contributed by atoms with E-state index in [1.807, 2.05) is 6.20 Å². The fourth-order valence-corrected chi connectivity index (χ4v) is 1.72. The molecule has 0 amide bonds. The summed E-state index contributed by atoms with van der Waals surface area (Å²) < 4.78 is 5.61. The normalized spacial score (nSPS) is 22.4. The van der Waals surface area contributed by atoms with Crippen molar-refractivity contribution in [2.24, 2.45) is 0 Å². The third kappa shape index (κ3) is 2.82. The van der Waals surface area contributed by atoms with E-state index < -0.39 is 0 Å². The van der Waals surface area contributed by atoms with Gasteiger partial charge in [-0.3, -0.25) is 0 Å². The molecule has 2 N–H and O–H groups in total. The first-order chi connectivity index (χ1) is 6.95. The largest absolute Gasteiger partial charge is 0.377 e. The van der Waals surface area contributed by atoms with Gasteiger partial charge in [0.25, 0.3) is 0 Å². The second-order valence-electron chi connectivity index (χ2n) is 3.70. The highest BCUT2D eigenvalue weighted by Gasteiger charge is 2.12. The van der Waals surface area contributed by atoms with Crippen LogP contribution in [0.15, 0.2) is 12.5 Å². The van der Waals surface area contributed by atoms with Crippen LogP contribution in [0.2, 0.25) is 0 Å². The molecule has 1 aromatic heterocycles. The van der Waals surface area contributed by atoms with Gasteiger partial charge in [0.2, 0.25) is 0 Å². The van der Waals surface area contributed by atoms with Gasteiger partial charge >= 0.3 is 0 Å². The summed E-state index contributed by atoms with van der Waals surface area (Å²) in [6, 6.07) is 0. The summed E-state index contributed by atoms with van der Waals surface area (Å²) in [4.78, 5) is 7.02. The molecule has 1 unspecified atom stereocenters. The first-order valence-corrected chi connectivity index (χ1v) is 5.25. The molecule has 0 spiro atoms. The monoisotopic (exact) mass is 195 g/mol. The zero-order valence-electron chi connectivity index (χ0n) is 8.33. The van der Waals surface area contributed by atoms with E-state index in [1.165, 1.54) is 19.3 Å². The molecular formula is C10H17N3O. The van der Waals surface area contributed by atoms with Crippen LogP contribution in [0.1, 0.15) is 25.0 Å². The maximum absolute atomic E-state index is 5.61. The summed E-state index contributed by atoms with van der Waals surface area (Å²) in [6.07, 6.45) is 7.67. The van der Waals surface area contributed by atoms with Crippen LogP contribution < -0.4 is 5.32 Å². The Labute approximate surface area is 84.1 Å². The minimum absolute atomic E-state index is 0.409. The Balaban J connectivity index is 1.62. The highest BCUT2D eigenvalue weighted by Crippen LogP contribution is 2.11. The van der Waals surface area contributed by atoms with Crippen LogP contribution >= 0.6 is 0 Å². The van der Waals surface area contributed by atoms with Crippen LogP contribution in [0, 0.1) is 0 Å². The lowest BCUT2D eigenvalue weighted by molar-refractivity contribution is 0.0167. The van der Waals surface area contributed by atoms with Crippen molar-refractivity contribution in [3.63, 3.8) is 0 Å². The zero-order valence-corrected chi connectivity index (χ0v) is 8.33. The third-order valence-electron chi connectivity index (χ3n) is 2.52. The van der Waals surface area contributed by atoms with Crippen molar-refractivity contribution in [1.82, 2.24) is 15.3 Å². The van der Waals surface area contributed by atoms with Crippen molar-refractivity contribution in [3.05, 3.63) is 18.2 Å². The molecule has 78 valence electrons. The minimum Gasteiger partial charge on any atom is -0.377 e. The number of nitrogens with zero attached hydrogens (tertiary/aromatic N) is 1. The molecule has 1 aliphatic rings. The number of H-pyrrole nitrogens is 1. The predicted molar refractivity (Wildman–Crippen MR) is 53.9 cm³/mol. The van der Waals surface area contributed by atoms with Gasteiger partial charge in [-0.15, -0.1) is 0 Å². The molecule has 2 rings (SSSR count). The zero-order chi connectivity index (χ0) is 9.64. The molecule has 2 heterocycles. The highest BCUT2D eigenvalue weighted by atomic mass is 16.5. The van der Waals surface area contributed by atoms with E-state index in [0.717, 1.165) is 25.4 Å². The molecule has 1 atom stereocenters. The average Bonchev–Trinajstić information content (AvgIpc) is 2.72. The van der Waals surface area contributed by atoms with Crippen molar-refractivity contribution in [2.75, 3.05) is 13.2 Å². The summed E-state index contributed by atoms with van der Waals surface area (Å²) in [6.45, 7) is 2.72. The Morgan fingerprint density at radius 3 is 3.29 bits per heavy atom. The summed E-state index contributed by atoms with van der Waals surface area (Å²) in [5.74, 6) is 0. The van der Waals surface area contributed by atoms with Gasteiger partial charge < -0.3 is 15.0 Å². The maximum atomic E-state index is 5.61. The Morgan fingerprint density at radius 2 is 2.57 bits per heavy atom. The Kier molecular flexibility index (Phi) is 3.54. The number of aromatic nitrogens is 2. The molecule has 1 saturated heterocycles. The van der Waals surface area contributed by atoms with Gasteiger partial charge in [-0.05, 0) is 19.3 Å². The van der Waals surface area contributed by atoms with E-state index in [-0.39, 0.29) is 0 Å². The number of nitrogens with one attached hydrogen (secondary N) is 2. The van der Waals surface area contributed by atoms with Crippen LogP contribution in [0.3, 0.4) is 0 Å². The third-order valence-corrected chi connectivity index (χ3v) is 2.52. The van der Waals surface area contributed by atoms with Gasteiger partial charge in [0.1, 0.15) is 0 Å². The lowest BCUT2D eigenvalue weighted by Gasteiger charge is -2.22. The molecular weight excluding hydrogens is 178 g/mol. The molecule has 1 fully saturated rings. The molecule has 4 nitrogen and oxygen atoms in total. The quantitative estimate of drug-likeness (QED) is 0.755. The fraction of sp³-hybridized carbons (Fsp3) is 0.700. The Bertz CT molecular complexity index is 242. The van der Waals surface area contributed by atoms with Crippen LogP contribution in [0.5, 0.6) is 0 Å². The number of ether oxygens (including phenoxy) is 1. The summed E-state index contributed by atoms with van der Waals surface area (Å²) in [7, 11) is 0. The van der Waals surface area contributed by atoms with E-state index in [2.05, 4.69) is 15.3 Å². The van der Waals surface area contributed by atoms with Crippen LogP contribution in [-0.4, -0.2) is 29.2 Å². The molecule has 1 aliphatic heterocycles. The molecule has 0 aliphatic carbocycles. The number of rotatable bonds is 4. The molecule has 4 heteroatoms. The second-order valence-corrected chi connectivity index (χ2v) is 3.70. The average molecular weight is 195 g/mol. The Morgan fingerprint density at radius 1 is 1.57 bits per heavy atom. The Hall–Kier alpha value is -0.870. The lowest BCUT2D eigenvalue weighted by atomic mass is 10.1. The minimum atomic E-state index is 0.409. The van der Waals surface area contributed by atoms with Crippen molar-refractivity contribution in [1.29, 1.82) is 0 Å². The van der Waals surface area contributed by atoms with Crippen molar-refractivity contribution in [2.45, 2.75) is 31.9 Å². The molecule has 1 aromatic rings. The van der Waals surface area contributed by atoms with Crippen LogP contribution in [0.25, 0.3) is 0 Å². The van der Waals surface area contributed by atoms with Gasteiger partial charge in [0.15, 0.2) is 0 Å². The van der Waals surface area contributed by atoms with Crippen LogP contribution in [0.4, 0.5) is 0 Å². The lowest BCUT2D eigenvalue weighted by Crippen LogP contribution is -2.31. The van der Waals surface area contributed by atoms with Gasteiger partial charge in [-0.1, -0.05) is 0 Å². The highest BCUT2D eigenvalue weighted by molar-refractivity contribution is 4.93. The summed E-state index contributed by atoms with van der Waals surface area (Å²) >= 11 is 0. The van der Waals surface area contributed by atoms with E-state index in [9.17, 15) is 0 Å². The smallest absolute Gasteiger partial charge is 0.0922 e. The molecule has 0 aromatic carbocycles. The SMILES string of the molecule is c1ncc(CNCC2CCCCO2)[nH]1. The van der Waals surface area contributed by atoms with Crippen molar-refractivity contribution < 1.29 is 4.74 Å². The van der Waals surface area contributed by atoms with Gasteiger partial charge in [-0.25, -0.2) is 4.98 Å². The molecule has 0 bridgehead atoms. The summed E-state index contributed by atoms with van der Waals surface area (Å²) in [5.41, 5.74) is 1.13. The maximum Gasteiger partial charge on any atom is 0.0922 e. The second kappa shape index (κ2) is 5.12. The molecule has 14 heavy (non-hydrogen) atoms. The number of imidazole rings is 1. The van der Waals surface area contributed by atoms with E-state index in [1.54, 1.807) is 6.33 Å². The van der Waals surface area contributed by atoms with Crippen molar-refractivity contribution >= 4 is 0 Å². The first kappa shape index (κ1) is 9.68. The standard InChI is InChI=1S/C10H17N3O/c1-2-4-14-10(3-1)7-11-5-9-6-12-8-13-9/h6,8,10-11H,1-5,7H2,(H,12,13). The predicted octanol–water partition coefficient (Wildman–Crippen LogP) is 1.07. The van der Waals surface area contributed by atoms with E-state index in [0.29, 0.717) is 6.10 Å². The van der Waals surface area contributed by atoms with E-state index in [4.69, 9.17) is 4.74 Å². The van der Waals surface area contributed by atoms with E-state index >= 15 is 0 Å². The number of hydrogen-bond donors (Lipinski definition) is 2. The fourth-order valence-electron chi connectivity index (χ4n) is 1.72. The number of aromatic amines is 1. The van der Waals surface area contributed by atoms with Gasteiger partial charge in [0.05, 0.1) is 12.4 Å². The summed E-state index contributed by atoms with van der Waals surface area (Å²) in [5, 5.41) is 3.36. The molecule has 0 saturated carbocycles. The number of hydrogen-bond acceptors (Lipinski definition) is 3. The van der Waals surface area contributed by atoms with Crippen molar-refractivity contribution in [3.8, 4) is 0 Å². The van der Waals surface area contributed by atoms with Gasteiger partial charge in [0, 0.05) is 31.6 Å². The van der Waals surface area contributed by atoms with Gasteiger partial charge in [-0.2, -0.15) is 0 Å². The first-order valence-electron chi connectivity index (χ1n) is 5.25.